The molecule has 0 atom stereocenters. The summed E-state index contributed by atoms with van der Waals surface area (Å²) in [5.74, 6) is 0.249. The second-order valence-electron chi connectivity index (χ2n) is 3.92. The average molecular weight is 325 g/mol. The first-order valence-electron chi connectivity index (χ1n) is 5.54. The quantitative estimate of drug-likeness (QED) is 0.885. The Hall–Kier alpha value is -2.02. The number of rotatable bonds is 2. The Morgan fingerprint density at radius 2 is 2.05 bits per heavy atom. The summed E-state index contributed by atoms with van der Waals surface area (Å²) in [7, 11) is 0. The van der Waals surface area contributed by atoms with Gasteiger partial charge >= 0.3 is 5.97 Å². The molecule has 1 aromatic carbocycles. The van der Waals surface area contributed by atoms with Gasteiger partial charge in [-0.05, 0) is 34.1 Å². The monoisotopic (exact) mass is 324 g/mol. The molecule has 2 N–H and O–H groups in total. The molecule has 1 aliphatic rings. The summed E-state index contributed by atoms with van der Waals surface area (Å²) in [6.07, 6.45) is 0. The van der Waals surface area contributed by atoms with E-state index in [0.29, 0.717) is 34.9 Å². The Kier molecular flexibility index (Phi) is 2.90. The van der Waals surface area contributed by atoms with Crippen LogP contribution in [0.1, 0.15) is 10.5 Å². The van der Waals surface area contributed by atoms with Crippen molar-refractivity contribution in [2.24, 2.45) is 0 Å². The van der Waals surface area contributed by atoms with Crippen LogP contribution in [-0.2, 0) is 0 Å². The fourth-order valence-corrected chi connectivity index (χ4v) is 2.43. The number of benzene rings is 1. The van der Waals surface area contributed by atoms with Crippen molar-refractivity contribution in [3.8, 4) is 22.8 Å². The van der Waals surface area contributed by atoms with Gasteiger partial charge in [-0.1, -0.05) is 0 Å². The number of nitrogens with zero attached hydrogens (tertiary/aromatic N) is 1. The van der Waals surface area contributed by atoms with Gasteiger partial charge in [0.05, 0.1) is 4.47 Å². The first-order chi connectivity index (χ1) is 9.16. The summed E-state index contributed by atoms with van der Waals surface area (Å²) in [6, 6.07) is 5.37. The van der Waals surface area contributed by atoms with Crippen molar-refractivity contribution in [3.63, 3.8) is 0 Å². The minimum Gasteiger partial charge on any atom is -0.486 e. The highest BCUT2D eigenvalue weighted by molar-refractivity contribution is 9.10. The molecule has 1 aromatic heterocycles. The maximum absolute atomic E-state index is 11.0. The third-order valence-electron chi connectivity index (χ3n) is 2.74. The molecule has 2 aromatic rings. The van der Waals surface area contributed by atoms with Crippen molar-refractivity contribution in [1.82, 2.24) is 10.2 Å². The summed E-state index contributed by atoms with van der Waals surface area (Å²) in [5.41, 5.74) is 1.29. The Balaban J connectivity index is 2.05. The number of hydrogen-bond acceptors (Lipinski definition) is 4. The van der Waals surface area contributed by atoms with E-state index < -0.39 is 5.97 Å². The first kappa shape index (κ1) is 12.0. The minimum atomic E-state index is -1.07. The summed E-state index contributed by atoms with van der Waals surface area (Å²) < 4.78 is 11.3. The van der Waals surface area contributed by atoms with E-state index >= 15 is 0 Å². The van der Waals surface area contributed by atoms with E-state index in [1.165, 1.54) is 0 Å². The predicted molar refractivity (Wildman–Crippen MR) is 69.7 cm³/mol. The van der Waals surface area contributed by atoms with Crippen molar-refractivity contribution >= 4 is 21.9 Å². The molecule has 0 aliphatic carbocycles. The molecule has 19 heavy (non-hydrogen) atoms. The van der Waals surface area contributed by atoms with Gasteiger partial charge in [-0.3, -0.25) is 5.10 Å². The lowest BCUT2D eigenvalue weighted by molar-refractivity contribution is 0.0689. The first-order valence-corrected chi connectivity index (χ1v) is 6.33. The summed E-state index contributed by atoms with van der Waals surface area (Å²) in [5, 5.41) is 15.5. The number of nitrogens with one attached hydrogen (secondary N) is 1. The number of carboxylic acid groups (broad SMARTS) is 1. The second kappa shape index (κ2) is 4.58. The van der Waals surface area contributed by atoms with Gasteiger partial charge in [0.2, 0.25) is 0 Å². The van der Waals surface area contributed by atoms with Crippen molar-refractivity contribution in [2.75, 3.05) is 13.2 Å². The molecule has 0 amide bonds. The lowest BCUT2D eigenvalue weighted by atomic mass is 10.1. The van der Waals surface area contributed by atoms with Crippen molar-refractivity contribution < 1.29 is 19.4 Å². The van der Waals surface area contributed by atoms with Crippen LogP contribution in [0.2, 0.25) is 0 Å². The summed E-state index contributed by atoms with van der Waals surface area (Å²) in [6.45, 7) is 1.03. The maximum Gasteiger partial charge on any atom is 0.355 e. The lowest BCUT2D eigenvalue weighted by Gasteiger charge is -2.18. The molecule has 3 rings (SSSR count). The molecule has 0 spiro atoms. The van der Waals surface area contributed by atoms with Crippen molar-refractivity contribution in [1.29, 1.82) is 0 Å². The highest BCUT2D eigenvalue weighted by Crippen LogP contribution is 2.36. The van der Waals surface area contributed by atoms with E-state index in [1.54, 1.807) is 18.2 Å². The molecular weight excluding hydrogens is 316 g/mol. The van der Waals surface area contributed by atoms with E-state index in [1.807, 2.05) is 0 Å². The Bertz CT molecular complexity index is 653. The van der Waals surface area contributed by atoms with Crippen LogP contribution in [0.25, 0.3) is 11.3 Å². The van der Waals surface area contributed by atoms with Gasteiger partial charge in [-0.2, -0.15) is 5.10 Å². The Morgan fingerprint density at radius 3 is 2.74 bits per heavy atom. The standard InChI is InChI=1S/C12H9BrN2O4/c13-9-10(14-15-11(9)12(16)17)6-1-2-7-8(5-6)19-4-3-18-7/h1-2,5H,3-4H2,(H,14,15)(H,16,17). The fraction of sp³-hybridized carbons (Fsp3) is 0.167. The zero-order valence-electron chi connectivity index (χ0n) is 9.64. The number of aromatic nitrogens is 2. The number of hydrogen-bond donors (Lipinski definition) is 2. The van der Waals surface area contributed by atoms with E-state index in [9.17, 15) is 4.79 Å². The second-order valence-corrected chi connectivity index (χ2v) is 4.72. The minimum absolute atomic E-state index is 0.0184. The van der Waals surface area contributed by atoms with Crippen LogP contribution < -0.4 is 9.47 Å². The number of aromatic carboxylic acids is 1. The van der Waals surface area contributed by atoms with Gasteiger partial charge in [-0.15, -0.1) is 0 Å². The van der Waals surface area contributed by atoms with Crippen LogP contribution in [0.4, 0.5) is 0 Å². The number of ether oxygens (including phenoxy) is 2. The topological polar surface area (TPSA) is 84.4 Å². The van der Waals surface area contributed by atoms with E-state index in [4.69, 9.17) is 14.6 Å². The smallest absolute Gasteiger partial charge is 0.355 e. The van der Waals surface area contributed by atoms with Crippen molar-refractivity contribution in [2.45, 2.75) is 0 Å². The molecule has 2 heterocycles. The largest absolute Gasteiger partial charge is 0.486 e. The molecule has 0 bridgehead atoms. The lowest BCUT2D eigenvalue weighted by Crippen LogP contribution is -2.15. The molecule has 98 valence electrons. The van der Waals surface area contributed by atoms with Crippen LogP contribution in [-0.4, -0.2) is 34.5 Å². The van der Waals surface area contributed by atoms with Gasteiger partial charge in [0.1, 0.15) is 18.9 Å². The number of H-pyrrole nitrogens is 1. The van der Waals surface area contributed by atoms with Crippen LogP contribution in [0.15, 0.2) is 22.7 Å². The van der Waals surface area contributed by atoms with E-state index in [-0.39, 0.29) is 5.69 Å². The Labute approximate surface area is 116 Å². The molecular formula is C12H9BrN2O4. The van der Waals surface area contributed by atoms with Gasteiger partial charge in [0, 0.05) is 5.56 Å². The normalized spacial score (nSPS) is 13.3. The molecule has 6 nitrogen and oxygen atoms in total. The fourth-order valence-electron chi connectivity index (χ4n) is 1.85. The molecule has 0 radical (unpaired) electrons. The summed E-state index contributed by atoms with van der Waals surface area (Å²) >= 11 is 3.24. The highest BCUT2D eigenvalue weighted by Gasteiger charge is 2.19. The number of carbonyl (C=O) groups is 1. The van der Waals surface area contributed by atoms with Crippen LogP contribution in [0.5, 0.6) is 11.5 Å². The van der Waals surface area contributed by atoms with Gasteiger partial charge in [-0.25, -0.2) is 4.79 Å². The van der Waals surface area contributed by atoms with Gasteiger partial charge < -0.3 is 14.6 Å². The van der Waals surface area contributed by atoms with E-state index in [2.05, 4.69) is 26.1 Å². The number of aromatic amines is 1. The van der Waals surface area contributed by atoms with Crippen LogP contribution >= 0.6 is 15.9 Å². The third-order valence-corrected chi connectivity index (χ3v) is 3.51. The third kappa shape index (κ3) is 2.06. The number of halogens is 1. The summed E-state index contributed by atoms with van der Waals surface area (Å²) in [4.78, 5) is 11.0. The number of carboxylic acids is 1. The molecule has 0 fully saturated rings. The SMILES string of the molecule is O=C(O)c1[nH]nc(-c2ccc3c(c2)OCCO3)c1Br. The molecule has 0 saturated carbocycles. The van der Waals surface area contributed by atoms with Crippen LogP contribution in [0.3, 0.4) is 0 Å². The molecule has 0 unspecified atom stereocenters. The zero-order valence-corrected chi connectivity index (χ0v) is 11.2. The van der Waals surface area contributed by atoms with E-state index in [0.717, 1.165) is 5.56 Å². The molecule has 0 saturated heterocycles. The van der Waals surface area contributed by atoms with Crippen LogP contribution in [0, 0.1) is 0 Å². The highest BCUT2D eigenvalue weighted by atomic mass is 79.9. The predicted octanol–water partition coefficient (Wildman–Crippen LogP) is 2.31. The van der Waals surface area contributed by atoms with Gasteiger partial charge in [0.15, 0.2) is 17.2 Å². The zero-order chi connectivity index (χ0) is 13.4. The molecule has 7 heteroatoms. The number of fused-ring (bicyclic) bond motifs is 1. The Morgan fingerprint density at radius 1 is 1.32 bits per heavy atom. The molecule has 1 aliphatic heterocycles. The average Bonchev–Trinajstić information content (AvgIpc) is 2.80. The van der Waals surface area contributed by atoms with Crippen molar-refractivity contribution in [3.05, 3.63) is 28.4 Å². The van der Waals surface area contributed by atoms with Gasteiger partial charge in [0.25, 0.3) is 0 Å². The maximum atomic E-state index is 11.0.